The first kappa shape index (κ1) is 26.4. The van der Waals surface area contributed by atoms with Gasteiger partial charge in [0.1, 0.15) is 23.7 Å². The Kier molecular flexibility index (Phi) is 6.61. The van der Waals surface area contributed by atoms with E-state index in [1.165, 1.54) is 12.1 Å². The fourth-order valence-electron chi connectivity index (χ4n) is 5.53. The molecule has 1 saturated carbocycles. The first-order valence-electron chi connectivity index (χ1n) is 12.4. The normalized spacial score (nSPS) is 22.9. The highest BCUT2D eigenvalue weighted by atomic mass is 35.5. The number of aliphatic hydroxyl groups is 2. The van der Waals surface area contributed by atoms with Crippen LogP contribution in [0.4, 0.5) is 10.1 Å². The van der Waals surface area contributed by atoms with E-state index in [1.807, 2.05) is 0 Å². The molecule has 0 spiro atoms. The minimum absolute atomic E-state index is 0.0178. The number of hydrogen-bond acceptors (Lipinski definition) is 6. The minimum atomic E-state index is -1.07. The summed E-state index contributed by atoms with van der Waals surface area (Å²) in [6.07, 6.45) is 5.39. The summed E-state index contributed by atoms with van der Waals surface area (Å²) in [7, 11) is 3.51. The standard InChI is InChI=1S/C27H31ClFN5O4/c1-26(2,36)13-38-22-10-21(34(4)32-22)27(37)11-16-7-15(8-17(16)12-27)23-24(33(3)14-30-23)25(35)31-18-5-6-19(28)20(29)9-18/h5-7,9-10,14,16-17,36-37H,8,11-13H2,1-4H3,(H,31,35). The van der Waals surface area contributed by atoms with Gasteiger partial charge in [-0.25, -0.2) is 9.37 Å². The Morgan fingerprint density at radius 1 is 1.32 bits per heavy atom. The van der Waals surface area contributed by atoms with Gasteiger partial charge in [-0.05, 0) is 68.7 Å². The van der Waals surface area contributed by atoms with Gasteiger partial charge in [-0.2, -0.15) is 0 Å². The third-order valence-corrected chi connectivity index (χ3v) is 7.52. The first-order chi connectivity index (χ1) is 17.8. The topological polar surface area (TPSA) is 114 Å². The quantitative estimate of drug-likeness (QED) is 0.414. The van der Waals surface area contributed by atoms with E-state index >= 15 is 0 Å². The Morgan fingerprint density at radius 3 is 2.76 bits per heavy atom. The number of benzene rings is 1. The number of anilines is 1. The smallest absolute Gasteiger partial charge is 0.274 e. The lowest BCUT2D eigenvalue weighted by atomic mass is 9.93. The highest BCUT2D eigenvalue weighted by molar-refractivity contribution is 6.30. The number of amides is 1. The molecular formula is C27H31ClFN5O4. The third kappa shape index (κ3) is 5.08. The van der Waals surface area contributed by atoms with Crippen molar-refractivity contribution in [2.45, 2.75) is 44.3 Å². The molecule has 0 aliphatic heterocycles. The number of nitrogens with one attached hydrogen (secondary N) is 1. The van der Waals surface area contributed by atoms with E-state index in [4.69, 9.17) is 16.3 Å². The Bertz CT molecular complexity index is 1430. The first-order valence-corrected chi connectivity index (χ1v) is 12.8. The third-order valence-electron chi connectivity index (χ3n) is 7.22. The average Bonchev–Trinajstić information content (AvgIpc) is 3.56. The molecule has 3 aromatic rings. The molecule has 3 N–H and O–H groups in total. The molecule has 2 aromatic heterocycles. The molecule has 0 radical (unpaired) electrons. The molecule has 1 aromatic carbocycles. The van der Waals surface area contributed by atoms with Gasteiger partial charge in [0.2, 0.25) is 5.88 Å². The van der Waals surface area contributed by atoms with Crippen LogP contribution in [-0.4, -0.2) is 47.7 Å². The zero-order chi connectivity index (χ0) is 27.4. The highest BCUT2D eigenvalue weighted by Crippen LogP contribution is 2.53. The number of halogens is 2. The molecule has 2 heterocycles. The number of hydrogen-bond donors (Lipinski definition) is 3. The average molecular weight is 544 g/mol. The van der Waals surface area contributed by atoms with Crippen LogP contribution in [0.3, 0.4) is 0 Å². The molecule has 5 rings (SSSR count). The summed E-state index contributed by atoms with van der Waals surface area (Å²) in [6, 6.07) is 5.84. The molecule has 11 heteroatoms. The van der Waals surface area contributed by atoms with Crippen LogP contribution in [0.15, 0.2) is 36.7 Å². The maximum atomic E-state index is 13.9. The lowest BCUT2D eigenvalue weighted by molar-refractivity contribution is 0.0266. The molecule has 2 aliphatic rings. The van der Waals surface area contributed by atoms with Gasteiger partial charge in [-0.3, -0.25) is 9.48 Å². The summed E-state index contributed by atoms with van der Waals surface area (Å²) in [5, 5.41) is 28.6. The molecule has 3 unspecified atom stereocenters. The summed E-state index contributed by atoms with van der Waals surface area (Å²) in [5.74, 6) is -0.374. The number of rotatable bonds is 7. The van der Waals surface area contributed by atoms with Crippen LogP contribution in [0.25, 0.3) is 5.57 Å². The molecular weight excluding hydrogens is 513 g/mol. The summed E-state index contributed by atoms with van der Waals surface area (Å²) < 4.78 is 22.7. The molecule has 1 fully saturated rings. The Morgan fingerprint density at radius 2 is 2.08 bits per heavy atom. The largest absolute Gasteiger partial charge is 0.474 e. The van der Waals surface area contributed by atoms with E-state index in [9.17, 15) is 19.4 Å². The van der Waals surface area contributed by atoms with Crippen LogP contribution in [0.1, 0.15) is 55.0 Å². The minimum Gasteiger partial charge on any atom is -0.474 e. The van der Waals surface area contributed by atoms with Crippen molar-refractivity contribution in [2.75, 3.05) is 11.9 Å². The summed E-state index contributed by atoms with van der Waals surface area (Å²) in [6.45, 7) is 3.40. The van der Waals surface area contributed by atoms with Crippen LogP contribution in [-0.2, 0) is 19.7 Å². The summed E-state index contributed by atoms with van der Waals surface area (Å²) >= 11 is 5.75. The van der Waals surface area contributed by atoms with Crippen molar-refractivity contribution in [3.05, 3.63) is 64.6 Å². The second-order valence-electron chi connectivity index (χ2n) is 11.0. The lowest BCUT2D eigenvalue weighted by Gasteiger charge is -2.23. The number of aromatic nitrogens is 4. The van der Waals surface area contributed by atoms with Crippen LogP contribution in [0.5, 0.6) is 5.88 Å². The number of carbonyl (C=O) groups excluding carboxylic acids is 1. The molecule has 2 aliphatic carbocycles. The zero-order valence-corrected chi connectivity index (χ0v) is 22.5. The van der Waals surface area contributed by atoms with Crippen molar-refractivity contribution in [1.82, 2.24) is 19.3 Å². The molecule has 1 amide bonds. The Hall–Kier alpha value is -3.21. The predicted molar refractivity (Wildman–Crippen MR) is 140 cm³/mol. The van der Waals surface area contributed by atoms with Gasteiger partial charge >= 0.3 is 0 Å². The fourth-order valence-corrected chi connectivity index (χ4v) is 5.65. The molecule has 0 bridgehead atoms. The number of ether oxygens (including phenoxy) is 1. The number of imidazole rings is 1. The lowest BCUT2D eigenvalue weighted by Crippen LogP contribution is -2.28. The second kappa shape index (κ2) is 9.52. The number of carbonyl (C=O) groups is 1. The van der Waals surface area contributed by atoms with Gasteiger partial charge < -0.3 is 24.8 Å². The van der Waals surface area contributed by atoms with E-state index in [-0.39, 0.29) is 23.5 Å². The van der Waals surface area contributed by atoms with Crippen LogP contribution < -0.4 is 10.1 Å². The van der Waals surface area contributed by atoms with E-state index in [2.05, 4.69) is 21.5 Å². The van der Waals surface area contributed by atoms with Gasteiger partial charge in [0, 0.05) is 25.8 Å². The van der Waals surface area contributed by atoms with Gasteiger partial charge in [0.15, 0.2) is 0 Å². The van der Waals surface area contributed by atoms with E-state index in [1.54, 1.807) is 55.7 Å². The summed E-state index contributed by atoms with van der Waals surface area (Å²) in [5.41, 5.74) is 0.816. The van der Waals surface area contributed by atoms with E-state index in [0.29, 0.717) is 47.9 Å². The molecule has 38 heavy (non-hydrogen) atoms. The number of aryl methyl sites for hydroxylation is 2. The number of fused-ring (bicyclic) bond motifs is 1. The number of allylic oxidation sites excluding steroid dienone is 2. The van der Waals surface area contributed by atoms with Crippen molar-refractivity contribution >= 4 is 28.8 Å². The van der Waals surface area contributed by atoms with Crippen LogP contribution in [0, 0.1) is 17.7 Å². The maximum Gasteiger partial charge on any atom is 0.274 e. The van der Waals surface area contributed by atoms with Gasteiger partial charge in [0.05, 0.1) is 28.3 Å². The molecule has 3 atom stereocenters. The van der Waals surface area contributed by atoms with Crippen molar-refractivity contribution in [1.29, 1.82) is 0 Å². The Balaban J connectivity index is 1.33. The van der Waals surface area contributed by atoms with Crippen LogP contribution in [0.2, 0.25) is 5.02 Å². The van der Waals surface area contributed by atoms with Crippen LogP contribution >= 0.6 is 11.6 Å². The second-order valence-corrected chi connectivity index (χ2v) is 11.4. The van der Waals surface area contributed by atoms with E-state index < -0.39 is 22.9 Å². The van der Waals surface area contributed by atoms with Gasteiger partial charge in [-0.1, -0.05) is 17.7 Å². The predicted octanol–water partition coefficient (Wildman–Crippen LogP) is 4.05. The fraction of sp³-hybridized carbons (Fsp3) is 0.444. The maximum absolute atomic E-state index is 13.9. The SMILES string of the molecule is Cn1cnc(C2=CC3CC(O)(c4cc(OCC(C)(C)O)nn4C)CC3C2)c1C(=O)Nc1ccc(Cl)c(F)c1. The number of nitrogens with zero attached hydrogens (tertiary/aromatic N) is 4. The van der Waals surface area contributed by atoms with Crippen molar-refractivity contribution in [2.24, 2.45) is 25.9 Å². The van der Waals surface area contributed by atoms with Gasteiger partial charge in [-0.15, -0.1) is 5.10 Å². The van der Waals surface area contributed by atoms with Crippen molar-refractivity contribution in [3.8, 4) is 5.88 Å². The Labute approximate surface area is 224 Å². The van der Waals surface area contributed by atoms with Crippen molar-refractivity contribution < 1.29 is 24.1 Å². The summed E-state index contributed by atoms with van der Waals surface area (Å²) in [4.78, 5) is 17.6. The van der Waals surface area contributed by atoms with Crippen molar-refractivity contribution in [3.63, 3.8) is 0 Å². The monoisotopic (exact) mass is 543 g/mol. The molecule has 202 valence electrons. The molecule has 9 nitrogen and oxygen atoms in total. The van der Waals surface area contributed by atoms with Gasteiger partial charge in [0.25, 0.3) is 5.91 Å². The zero-order valence-electron chi connectivity index (χ0n) is 21.7. The molecule has 0 saturated heterocycles. The van der Waals surface area contributed by atoms with E-state index in [0.717, 1.165) is 5.57 Å². The highest BCUT2D eigenvalue weighted by Gasteiger charge is 2.49.